The Kier molecular flexibility index (Phi) is 13.0. The summed E-state index contributed by atoms with van der Waals surface area (Å²) in [5, 5.41) is 12.0. The molecule has 0 bridgehead atoms. The van der Waals surface area contributed by atoms with E-state index in [0.717, 1.165) is 37.9 Å². The summed E-state index contributed by atoms with van der Waals surface area (Å²) in [5.74, 6) is -1.16. The zero-order chi connectivity index (χ0) is 19.7. The molecular formula is C22H35NO4. The van der Waals surface area contributed by atoms with Crippen molar-refractivity contribution < 1.29 is 19.4 Å². The maximum absolute atomic E-state index is 12.0. The number of nitrogens with one attached hydrogen (secondary N) is 1. The van der Waals surface area contributed by atoms with Crippen LogP contribution in [-0.2, 0) is 20.7 Å². The molecule has 0 aliphatic rings. The van der Waals surface area contributed by atoms with Crippen LogP contribution in [0.1, 0.15) is 69.8 Å². The summed E-state index contributed by atoms with van der Waals surface area (Å²) in [6.45, 7) is 0.857. The molecule has 0 aliphatic heterocycles. The van der Waals surface area contributed by atoms with Crippen LogP contribution >= 0.6 is 0 Å². The van der Waals surface area contributed by atoms with Crippen molar-refractivity contribution in [3.63, 3.8) is 0 Å². The summed E-state index contributed by atoms with van der Waals surface area (Å²) in [5.41, 5.74) is 0.910. The number of benzene rings is 1. The molecule has 1 aromatic rings. The van der Waals surface area contributed by atoms with E-state index >= 15 is 0 Å². The van der Waals surface area contributed by atoms with Crippen molar-refractivity contribution in [2.75, 3.05) is 13.7 Å². The van der Waals surface area contributed by atoms with Crippen LogP contribution in [0.25, 0.3) is 0 Å². The van der Waals surface area contributed by atoms with Crippen molar-refractivity contribution in [1.29, 1.82) is 0 Å². The number of carboxylic acid groups (broad SMARTS) is 1. The van der Waals surface area contributed by atoms with Crippen LogP contribution in [-0.4, -0.2) is 36.7 Å². The molecular weight excluding hydrogens is 342 g/mol. The number of carbonyl (C=O) groups is 2. The first-order valence-corrected chi connectivity index (χ1v) is 10.2. The Bertz CT molecular complexity index is 518. The second-order valence-corrected chi connectivity index (χ2v) is 7.07. The van der Waals surface area contributed by atoms with Gasteiger partial charge in [0.15, 0.2) is 0 Å². The molecule has 5 nitrogen and oxygen atoms in total. The molecule has 0 aliphatic carbocycles. The first kappa shape index (κ1) is 23.2. The van der Waals surface area contributed by atoms with Gasteiger partial charge < -0.3 is 15.2 Å². The molecule has 1 rings (SSSR count). The lowest BCUT2D eigenvalue weighted by molar-refractivity contribution is -0.141. The van der Waals surface area contributed by atoms with Crippen LogP contribution < -0.4 is 5.32 Å². The Hall–Kier alpha value is -1.88. The van der Waals surface area contributed by atoms with Gasteiger partial charge in [-0.3, -0.25) is 4.79 Å². The number of carbonyl (C=O) groups excluding carboxylic acids is 1. The van der Waals surface area contributed by atoms with Crippen molar-refractivity contribution in [2.24, 2.45) is 0 Å². The smallest absolute Gasteiger partial charge is 0.326 e. The molecule has 0 heterocycles. The molecule has 0 saturated heterocycles. The number of hydrogen-bond acceptors (Lipinski definition) is 3. The molecule has 0 fully saturated rings. The summed E-state index contributed by atoms with van der Waals surface area (Å²) in [7, 11) is 1.74. The van der Waals surface area contributed by atoms with Gasteiger partial charge in [0.05, 0.1) is 0 Å². The number of aliphatic carboxylic acids is 1. The van der Waals surface area contributed by atoms with Crippen molar-refractivity contribution in [3.8, 4) is 0 Å². The van der Waals surface area contributed by atoms with Crippen molar-refractivity contribution in [3.05, 3.63) is 35.9 Å². The second-order valence-electron chi connectivity index (χ2n) is 7.07. The number of ether oxygens (including phenoxy) is 1. The summed E-state index contributed by atoms with van der Waals surface area (Å²) < 4.78 is 5.03. The topological polar surface area (TPSA) is 75.6 Å². The van der Waals surface area contributed by atoms with Gasteiger partial charge in [0.2, 0.25) is 5.91 Å². The second kappa shape index (κ2) is 15.2. The normalized spacial score (nSPS) is 11.9. The summed E-state index contributed by atoms with van der Waals surface area (Å²) in [6.07, 6.45) is 11.1. The van der Waals surface area contributed by atoms with Crippen molar-refractivity contribution >= 4 is 11.9 Å². The molecule has 5 heteroatoms. The van der Waals surface area contributed by atoms with Gasteiger partial charge in [-0.1, -0.05) is 75.3 Å². The summed E-state index contributed by atoms with van der Waals surface area (Å²) >= 11 is 0. The van der Waals surface area contributed by atoms with Crippen LogP contribution in [0.5, 0.6) is 0 Å². The SMILES string of the molecule is COCCCCCCCCCCCC(=O)N[C@H](Cc1ccccc1)C(=O)O. The van der Waals surface area contributed by atoms with E-state index < -0.39 is 12.0 Å². The van der Waals surface area contributed by atoms with Gasteiger partial charge in [-0.05, 0) is 18.4 Å². The predicted octanol–water partition coefficient (Wildman–Crippen LogP) is 4.35. The minimum absolute atomic E-state index is 0.170. The van der Waals surface area contributed by atoms with E-state index in [1.807, 2.05) is 30.3 Å². The molecule has 2 N–H and O–H groups in total. The van der Waals surface area contributed by atoms with Gasteiger partial charge in [0, 0.05) is 26.6 Å². The molecule has 0 spiro atoms. The lowest BCUT2D eigenvalue weighted by Gasteiger charge is -2.14. The maximum atomic E-state index is 12.0. The number of hydrogen-bond donors (Lipinski definition) is 2. The molecule has 0 saturated carbocycles. The van der Waals surface area contributed by atoms with Gasteiger partial charge >= 0.3 is 5.97 Å². The van der Waals surface area contributed by atoms with E-state index in [9.17, 15) is 14.7 Å². The van der Waals surface area contributed by atoms with Crippen LogP contribution in [0.2, 0.25) is 0 Å². The third kappa shape index (κ3) is 12.2. The molecule has 152 valence electrons. The van der Waals surface area contributed by atoms with E-state index in [4.69, 9.17) is 4.74 Å². The highest BCUT2D eigenvalue weighted by atomic mass is 16.5. The highest BCUT2D eigenvalue weighted by Crippen LogP contribution is 2.11. The molecule has 1 amide bonds. The lowest BCUT2D eigenvalue weighted by atomic mass is 10.0. The highest BCUT2D eigenvalue weighted by Gasteiger charge is 2.19. The van der Waals surface area contributed by atoms with Crippen molar-refractivity contribution in [1.82, 2.24) is 5.32 Å². The predicted molar refractivity (Wildman–Crippen MR) is 108 cm³/mol. The largest absolute Gasteiger partial charge is 0.480 e. The summed E-state index contributed by atoms with van der Waals surface area (Å²) in [4.78, 5) is 23.4. The van der Waals surface area contributed by atoms with E-state index in [0.29, 0.717) is 12.8 Å². The van der Waals surface area contributed by atoms with E-state index in [2.05, 4.69) is 5.32 Å². The van der Waals surface area contributed by atoms with Gasteiger partial charge in [-0.2, -0.15) is 0 Å². The standard InChI is InChI=1S/C22H35NO4/c1-27-17-13-8-6-4-2-3-5-7-12-16-21(24)23-20(22(25)26)18-19-14-10-9-11-15-19/h9-11,14-15,20H,2-8,12-13,16-18H2,1H3,(H,23,24)(H,25,26)/t20-/m1/s1. The molecule has 0 aromatic heterocycles. The first-order chi connectivity index (χ1) is 13.1. The van der Waals surface area contributed by atoms with E-state index in [1.165, 1.54) is 32.1 Å². The Labute approximate surface area is 163 Å². The Morgan fingerprint density at radius 2 is 1.48 bits per heavy atom. The zero-order valence-corrected chi connectivity index (χ0v) is 16.6. The Morgan fingerprint density at radius 1 is 0.926 bits per heavy atom. The van der Waals surface area contributed by atoms with Crippen LogP contribution in [0.3, 0.4) is 0 Å². The van der Waals surface area contributed by atoms with Crippen LogP contribution in [0.4, 0.5) is 0 Å². The quantitative estimate of drug-likeness (QED) is 0.420. The Morgan fingerprint density at radius 3 is 2.04 bits per heavy atom. The highest BCUT2D eigenvalue weighted by molar-refractivity contribution is 5.83. The van der Waals surface area contributed by atoms with Crippen LogP contribution in [0, 0.1) is 0 Å². The first-order valence-electron chi connectivity index (χ1n) is 10.2. The zero-order valence-electron chi connectivity index (χ0n) is 16.6. The minimum Gasteiger partial charge on any atom is -0.480 e. The average molecular weight is 378 g/mol. The number of unbranched alkanes of at least 4 members (excludes halogenated alkanes) is 8. The molecule has 1 atom stereocenters. The molecule has 0 radical (unpaired) electrons. The van der Waals surface area contributed by atoms with Gasteiger partial charge in [-0.25, -0.2) is 4.79 Å². The third-order valence-corrected chi connectivity index (χ3v) is 4.67. The van der Waals surface area contributed by atoms with E-state index in [1.54, 1.807) is 7.11 Å². The Balaban J connectivity index is 2.07. The van der Waals surface area contributed by atoms with Gasteiger partial charge in [0.1, 0.15) is 6.04 Å². The van der Waals surface area contributed by atoms with Crippen LogP contribution in [0.15, 0.2) is 30.3 Å². The fourth-order valence-electron chi connectivity index (χ4n) is 3.09. The fourth-order valence-corrected chi connectivity index (χ4v) is 3.09. The number of amides is 1. The maximum Gasteiger partial charge on any atom is 0.326 e. The minimum atomic E-state index is -0.988. The number of methoxy groups -OCH3 is 1. The fraction of sp³-hybridized carbons (Fsp3) is 0.636. The summed E-state index contributed by atoms with van der Waals surface area (Å²) in [6, 6.07) is 8.52. The lowest BCUT2D eigenvalue weighted by Crippen LogP contribution is -2.42. The average Bonchev–Trinajstić information content (AvgIpc) is 2.66. The monoisotopic (exact) mass is 377 g/mol. The van der Waals surface area contributed by atoms with Gasteiger partial charge in [0.25, 0.3) is 0 Å². The third-order valence-electron chi connectivity index (χ3n) is 4.67. The molecule has 1 aromatic carbocycles. The van der Waals surface area contributed by atoms with Gasteiger partial charge in [-0.15, -0.1) is 0 Å². The number of carboxylic acids is 1. The van der Waals surface area contributed by atoms with E-state index in [-0.39, 0.29) is 5.91 Å². The molecule has 0 unspecified atom stereocenters. The van der Waals surface area contributed by atoms with Crippen molar-refractivity contribution in [2.45, 2.75) is 76.7 Å². The number of rotatable bonds is 16. The molecule has 27 heavy (non-hydrogen) atoms.